The number of hydrogen-bond donors (Lipinski definition) is 0. The third kappa shape index (κ3) is 3.54. The number of nitrogens with zero attached hydrogens (tertiary/aromatic N) is 3. The lowest BCUT2D eigenvalue weighted by atomic mass is 9.62. The van der Waals surface area contributed by atoms with Gasteiger partial charge in [-0.15, -0.1) is 0 Å². The topological polar surface area (TPSA) is 29.0 Å². The minimum absolute atomic E-state index is 0.453. The fourth-order valence-corrected chi connectivity index (χ4v) is 6.85. The molecule has 1 aliphatic heterocycles. The molecule has 1 aromatic heterocycles. The lowest BCUT2D eigenvalue weighted by Gasteiger charge is -2.46. The van der Waals surface area contributed by atoms with Gasteiger partial charge in [0.25, 0.3) is 0 Å². The van der Waals surface area contributed by atoms with Crippen LogP contribution in [0, 0.1) is 0 Å². The second kappa shape index (κ2) is 9.35. The number of hydrogen-bond acceptors (Lipinski definition) is 4. The van der Waals surface area contributed by atoms with Crippen LogP contribution >= 0.6 is 27.5 Å². The number of benzene rings is 5. The molecule has 0 fully saturated rings. The van der Waals surface area contributed by atoms with Crippen LogP contribution in [-0.4, -0.2) is 9.36 Å². The molecule has 0 N–H and O–H groups in total. The summed E-state index contributed by atoms with van der Waals surface area (Å²) in [5.74, 6) is 0. The van der Waals surface area contributed by atoms with Crippen LogP contribution in [0.3, 0.4) is 0 Å². The molecule has 3 nitrogen and oxygen atoms in total. The van der Waals surface area contributed by atoms with Gasteiger partial charge in [-0.2, -0.15) is 4.37 Å². The Bertz CT molecular complexity index is 1640. The predicted molar refractivity (Wildman–Crippen MR) is 160 cm³/mol. The van der Waals surface area contributed by atoms with Crippen molar-refractivity contribution in [3.8, 4) is 10.6 Å². The molecule has 0 bridgehead atoms. The SMILES string of the molecule is Brc1nsc(-c2ccc(N3c4ccccc4C(c4ccccc4)(c4ccccc4)c4ccccc43)cc2)n1. The lowest BCUT2D eigenvalue weighted by Crippen LogP contribution is -2.37. The summed E-state index contributed by atoms with van der Waals surface area (Å²) in [6, 6.07) is 48.0. The molecule has 5 heteroatoms. The van der Waals surface area contributed by atoms with Gasteiger partial charge in [-0.05, 0) is 86.1 Å². The molecule has 0 saturated carbocycles. The molecule has 0 spiro atoms. The molecule has 2 heterocycles. The van der Waals surface area contributed by atoms with Crippen LogP contribution < -0.4 is 4.90 Å². The van der Waals surface area contributed by atoms with Crippen LogP contribution in [-0.2, 0) is 5.41 Å². The Kier molecular flexibility index (Phi) is 5.68. The quantitative estimate of drug-likeness (QED) is 0.211. The first-order valence-corrected chi connectivity index (χ1v) is 14.0. The molecule has 38 heavy (non-hydrogen) atoms. The number of rotatable bonds is 4. The predicted octanol–water partition coefficient (Wildman–Crippen LogP) is 9.13. The molecule has 0 atom stereocenters. The largest absolute Gasteiger partial charge is 0.310 e. The fraction of sp³-hybridized carbons (Fsp3) is 0.0303. The number of fused-ring (bicyclic) bond motifs is 2. The van der Waals surface area contributed by atoms with Gasteiger partial charge in [0.2, 0.25) is 4.73 Å². The molecule has 1 aliphatic rings. The highest BCUT2D eigenvalue weighted by Gasteiger charge is 2.46. The van der Waals surface area contributed by atoms with Crippen LogP contribution in [0.5, 0.6) is 0 Å². The van der Waals surface area contributed by atoms with Gasteiger partial charge in [0.1, 0.15) is 5.01 Å². The molecule has 0 amide bonds. The van der Waals surface area contributed by atoms with E-state index in [1.165, 1.54) is 45.2 Å². The van der Waals surface area contributed by atoms with Crippen LogP contribution in [0.1, 0.15) is 22.3 Å². The summed E-state index contributed by atoms with van der Waals surface area (Å²) in [5.41, 5.74) is 9.07. The monoisotopic (exact) mass is 571 g/mol. The zero-order valence-corrected chi connectivity index (χ0v) is 22.7. The van der Waals surface area contributed by atoms with E-state index in [-0.39, 0.29) is 0 Å². The van der Waals surface area contributed by atoms with E-state index in [4.69, 9.17) is 0 Å². The van der Waals surface area contributed by atoms with Crippen molar-refractivity contribution in [2.45, 2.75) is 5.41 Å². The highest BCUT2D eigenvalue weighted by Crippen LogP contribution is 2.57. The molecular formula is C33H22BrN3S. The van der Waals surface area contributed by atoms with Gasteiger partial charge in [-0.1, -0.05) is 97.1 Å². The first-order chi connectivity index (χ1) is 18.8. The average Bonchev–Trinajstić information content (AvgIpc) is 3.43. The van der Waals surface area contributed by atoms with Crippen molar-refractivity contribution in [1.82, 2.24) is 9.36 Å². The summed E-state index contributed by atoms with van der Waals surface area (Å²) in [4.78, 5) is 6.88. The Hall–Kier alpha value is -4.06. The maximum Gasteiger partial charge on any atom is 0.209 e. The van der Waals surface area contributed by atoms with Gasteiger partial charge in [0.05, 0.1) is 16.8 Å². The van der Waals surface area contributed by atoms with E-state index in [2.05, 4.69) is 164 Å². The fourth-order valence-electron chi connectivity index (χ4n) is 5.77. The van der Waals surface area contributed by atoms with E-state index in [9.17, 15) is 0 Å². The van der Waals surface area contributed by atoms with E-state index in [0.717, 1.165) is 16.3 Å². The molecule has 5 aromatic carbocycles. The Morgan fingerprint density at radius 1 is 0.579 bits per heavy atom. The van der Waals surface area contributed by atoms with Gasteiger partial charge >= 0.3 is 0 Å². The Morgan fingerprint density at radius 3 is 1.58 bits per heavy atom. The van der Waals surface area contributed by atoms with E-state index < -0.39 is 5.41 Å². The summed E-state index contributed by atoms with van der Waals surface area (Å²) in [6.45, 7) is 0. The van der Waals surface area contributed by atoms with E-state index in [0.29, 0.717) is 4.73 Å². The van der Waals surface area contributed by atoms with Crippen molar-refractivity contribution in [3.63, 3.8) is 0 Å². The summed E-state index contributed by atoms with van der Waals surface area (Å²) in [7, 11) is 0. The second-order valence-corrected chi connectivity index (χ2v) is 10.7. The summed E-state index contributed by atoms with van der Waals surface area (Å²) >= 11 is 4.77. The van der Waals surface area contributed by atoms with Crippen LogP contribution in [0.4, 0.5) is 17.1 Å². The zero-order valence-electron chi connectivity index (χ0n) is 20.3. The summed E-state index contributed by atoms with van der Waals surface area (Å²) in [5, 5.41) is 0.898. The summed E-state index contributed by atoms with van der Waals surface area (Å²) < 4.78 is 4.90. The highest BCUT2D eigenvalue weighted by atomic mass is 79.9. The molecule has 0 unspecified atom stereocenters. The molecule has 0 aliphatic carbocycles. The smallest absolute Gasteiger partial charge is 0.209 e. The average molecular weight is 573 g/mol. The number of para-hydroxylation sites is 2. The first-order valence-electron chi connectivity index (χ1n) is 12.5. The van der Waals surface area contributed by atoms with Gasteiger partial charge in [0.15, 0.2) is 0 Å². The normalized spacial score (nSPS) is 13.6. The van der Waals surface area contributed by atoms with Crippen molar-refractivity contribution in [2.75, 3.05) is 4.90 Å². The standard InChI is InChI=1S/C33H22BrN3S/c34-32-35-31(38-36-32)23-19-21-26(22-20-23)37-29-17-9-7-15-27(29)33(24-11-3-1-4-12-24,25-13-5-2-6-14-25)28-16-8-10-18-30(28)37/h1-22H. The number of aromatic nitrogens is 2. The van der Waals surface area contributed by atoms with Crippen molar-refractivity contribution in [1.29, 1.82) is 0 Å². The van der Waals surface area contributed by atoms with Crippen molar-refractivity contribution >= 4 is 44.5 Å². The van der Waals surface area contributed by atoms with E-state index in [1.807, 2.05) is 0 Å². The molecule has 0 radical (unpaired) electrons. The van der Waals surface area contributed by atoms with Crippen molar-refractivity contribution in [3.05, 3.63) is 160 Å². The van der Waals surface area contributed by atoms with Crippen LogP contribution in [0.15, 0.2) is 138 Å². The molecule has 0 saturated heterocycles. The minimum Gasteiger partial charge on any atom is -0.310 e. The van der Waals surface area contributed by atoms with Crippen LogP contribution in [0.2, 0.25) is 0 Å². The number of anilines is 3. The zero-order chi connectivity index (χ0) is 25.5. The highest BCUT2D eigenvalue weighted by molar-refractivity contribution is 9.10. The Morgan fingerprint density at radius 2 is 1.08 bits per heavy atom. The maximum atomic E-state index is 4.49. The first kappa shape index (κ1) is 23.1. The summed E-state index contributed by atoms with van der Waals surface area (Å²) in [6.07, 6.45) is 0. The lowest BCUT2D eigenvalue weighted by molar-refractivity contribution is 0.731. The third-order valence-corrected chi connectivity index (χ3v) is 8.64. The van der Waals surface area contributed by atoms with Gasteiger partial charge in [0, 0.05) is 11.3 Å². The van der Waals surface area contributed by atoms with Gasteiger partial charge < -0.3 is 4.90 Å². The van der Waals surface area contributed by atoms with Crippen LogP contribution in [0.25, 0.3) is 10.6 Å². The molecule has 7 rings (SSSR count). The minimum atomic E-state index is -0.453. The maximum absolute atomic E-state index is 4.49. The molecule has 182 valence electrons. The molecule has 6 aromatic rings. The van der Waals surface area contributed by atoms with E-state index in [1.54, 1.807) is 0 Å². The Balaban J connectivity index is 1.50. The third-order valence-electron chi connectivity index (χ3n) is 7.29. The second-order valence-electron chi connectivity index (χ2n) is 9.27. The van der Waals surface area contributed by atoms with E-state index >= 15 is 0 Å². The Labute approximate surface area is 234 Å². The van der Waals surface area contributed by atoms with Crippen molar-refractivity contribution < 1.29 is 0 Å². The number of halogens is 1. The van der Waals surface area contributed by atoms with Gasteiger partial charge in [-0.25, -0.2) is 4.98 Å². The van der Waals surface area contributed by atoms with Crippen molar-refractivity contribution in [2.24, 2.45) is 0 Å². The van der Waals surface area contributed by atoms with Gasteiger partial charge in [-0.3, -0.25) is 0 Å². The molecular weight excluding hydrogens is 550 g/mol.